The molecule has 0 fully saturated rings. The number of rotatable bonds is 4. The Morgan fingerprint density at radius 2 is 1.53 bits per heavy atom. The minimum atomic E-state index is -5.08. The predicted octanol–water partition coefficient (Wildman–Crippen LogP) is -0.703. The first-order valence-electron chi connectivity index (χ1n) is 4.05. The van der Waals surface area contributed by atoms with Crippen LogP contribution in [0.15, 0.2) is 0 Å². The fourth-order valence-electron chi connectivity index (χ4n) is 0.421. The van der Waals surface area contributed by atoms with Crippen LogP contribution in [0.4, 0.5) is 13.2 Å². The number of carboxylic acid groups (broad SMARTS) is 2. The van der Waals surface area contributed by atoms with E-state index in [9.17, 15) is 22.8 Å². The molecular weight excluding hydrogens is 249 g/mol. The summed E-state index contributed by atoms with van der Waals surface area (Å²) in [6, 6.07) is -0.837. The molecule has 1 amide bonds. The predicted molar refractivity (Wildman–Crippen MR) is 47.7 cm³/mol. The molecule has 7 nitrogen and oxygen atoms in total. The van der Waals surface area contributed by atoms with E-state index in [4.69, 9.17) is 26.5 Å². The van der Waals surface area contributed by atoms with Gasteiger partial charge in [0.25, 0.3) is 0 Å². The van der Waals surface area contributed by atoms with Gasteiger partial charge in [0.1, 0.15) is 0 Å². The fraction of sp³-hybridized carbons (Fsp3) is 0.571. The van der Waals surface area contributed by atoms with Crippen LogP contribution in [0.1, 0.15) is 12.8 Å². The van der Waals surface area contributed by atoms with Crippen LogP contribution in [-0.4, -0.2) is 40.3 Å². The van der Waals surface area contributed by atoms with Crippen LogP contribution in [0.2, 0.25) is 0 Å². The molecular formula is C7H11F3N2O5. The molecule has 0 aromatic heterocycles. The van der Waals surface area contributed by atoms with Crippen molar-refractivity contribution in [1.82, 2.24) is 0 Å². The standard InChI is InChI=1S/C5H10N2O3.C2HF3O2/c6-3(5(7)10)1-2-4(8)9;3-2(4,5)1(6)7/h3H,1-2,6H2,(H2,7,10)(H,8,9);(H,6,7). The van der Waals surface area contributed by atoms with Gasteiger partial charge in [-0.3, -0.25) is 9.59 Å². The van der Waals surface area contributed by atoms with Gasteiger partial charge in [-0.05, 0) is 6.42 Å². The Bertz CT molecular complexity index is 292. The zero-order valence-electron chi connectivity index (χ0n) is 8.40. The van der Waals surface area contributed by atoms with E-state index in [1.165, 1.54) is 0 Å². The molecule has 0 aromatic carbocycles. The second-order valence-electron chi connectivity index (χ2n) is 2.74. The number of halogens is 3. The lowest BCUT2D eigenvalue weighted by atomic mass is 10.1. The Labute approximate surface area is 93.2 Å². The van der Waals surface area contributed by atoms with Gasteiger partial charge in [-0.1, -0.05) is 0 Å². The summed E-state index contributed by atoms with van der Waals surface area (Å²) < 4.78 is 31.7. The number of carboxylic acids is 2. The van der Waals surface area contributed by atoms with E-state index in [1.54, 1.807) is 0 Å². The zero-order valence-corrected chi connectivity index (χ0v) is 8.40. The highest BCUT2D eigenvalue weighted by molar-refractivity contribution is 5.80. The van der Waals surface area contributed by atoms with E-state index in [-0.39, 0.29) is 12.8 Å². The largest absolute Gasteiger partial charge is 0.490 e. The summed E-state index contributed by atoms with van der Waals surface area (Å²) >= 11 is 0. The first-order valence-corrected chi connectivity index (χ1v) is 4.05. The number of aliphatic carboxylic acids is 2. The molecule has 0 rings (SSSR count). The monoisotopic (exact) mass is 260 g/mol. The van der Waals surface area contributed by atoms with Crippen molar-refractivity contribution < 1.29 is 37.8 Å². The SMILES string of the molecule is NC(=O)C(N)CCC(=O)O.O=C(O)C(F)(F)F. The van der Waals surface area contributed by atoms with Gasteiger partial charge in [0.2, 0.25) is 5.91 Å². The number of hydrogen-bond donors (Lipinski definition) is 4. The molecule has 100 valence electrons. The molecule has 1 atom stereocenters. The van der Waals surface area contributed by atoms with Gasteiger partial charge in [-0.15, -0.1) is 0 Å². The summed E-state index contributed by atoms with van der Waals surface area (Å²) in [5, 5.41) is 15.3. The molecule has 0 aliphatic rings. The van der Waals surface area contributed by atoms with Gasteiger partial charge < -0.3 is 21.7 Å². The highest BCUT2D eigenvalue weighted by Crippen LogP contribution is 2.13. The van der Waals surface area contributed by atoms with Crippen molar-refractivity contribution in [1.29, 1.82) is 0 Å². The van der Waals surface area contributed by atoms with Crippen LogP contribution in [0, 0.1) is 0 Å². The molecule has 17 heavy (non-hydrogen) atoms. The molecule has 0 aromatic rings. The van der Waals surface area contributed by atoms with Crippen LogP contribution >= 0.6 is 0 Å². The van der Waals surface area contributed by atoms with Crippen LogP contribution in [0.25, 0.3) is 0 Å². The lowest BCUT2D eigenvalue weighted by Gasteiger charge is -2.02. The van der Waals surface area contributed by atoms with E-state index >= 15 is 0 Å². The Morgan fingerprint density at radius 3 is 1.71 bits per heavy atom. The number of hydrogen-bond acceptors (Lipinski definition) is 4. The van der Waals surface area contributed by atoms with Gasteiger partial charge in [0.05, 0.1) is 6.04 Å². The number of carbonyl (C=O) groups excluding carboxylic acids is 1. The molecule has 0 radical (unpaired) electrons. The van der Waals surface area contributed by atoms with Crippen molar-refractivity contribution in [2.24, 2.45) is 11.5 Å². The highest BCUT2D eigenvalue weighted by atomic mass is 19.4. The number of primary amides is 1. The highest BCUT2D eigenvalue weighted by Gasteiger charge is 2.38. The quantitative estimate of drug-likeness (QED) is 0.526. The van der Waals surface area contributed by atoms with Crippen LogP contribution < -0.4 is 11.5 Å². The smallest absolute Gasteiger partial charge is 0.481 e. The third-order valence-corrected chi connectivity index (χ3v) is 1.28. The number of amides is 1. The molecule has 0 saturated heterocycles. The van der Waals surface area contributed by atoms with Crippen molar-refractivity contribution in [2.75, 3.05) is 0 Å². The van der Waals surface area contributed by atoms with E-state index in [0.29, 0.717) is 0 Å². The molecule has 0 saturated carbocycles. The average Bonchev–Trinajstić information content (AvgIpc) is 2.13. The number of carbonyl (C=O) groups is 3. The molecule has 1 unspecified atom stereocenters. The van der Waals surface area contributed by atoms with Crippen molar-refractivity contribution in [3.05, 3.63) is 0 Å². The first kappa shape index (κ1) is 17.6. The summed E-state index contributed by atoms with van der Waals surface area (Å²) in [5.74, 6) is -4.40. The molecule has 0 heterocycles. The van der Waals surface area contributed by atoms with Crippen LogP contribution in [-0.2, 0) is 14.4 Å². The Hall–Kier alpha value is -1.84. The third kappa shape index (κ3) is 12.1. The normalized spacial score (nSPS) is 12.0. The molecule has 0 aliphatic carbocycles. The topological polar surface area (TPSA) is 144 Å². The lowest BCUT2D eigenvalue weighted by molar-refractivity contribution is -0.192. The first-order chi connectivity index (χ1) is 7.48. The van der Waals surface area contributed by atoms with Crippen molar-refractivity contribution >= 4 is 17.8 Å². The Balaban J connectivity index is 0. The zero-order chi connectivity index (χ0) is 14.2. The van der Waals surface area contributed by atoms with Gasteiger partial charge in [-0.2, -0.15) is 13.2 Å². The molecule has 0 bridgehead atoms. The van der Waals surface area contributed by atoms with E-state index in [1.807, 2.05) is 0 Å². The Morgan fingerprint density at radius 1 is 1.18 bits per heavy atom. The van der Waals surface area contributed by atoms with Crippen LogP contribution in [0.3, 0.4) is 0 Å². The molecule has 10 heteroatoms. The number of alkyl halides is 3. The van der Waals surface area contributed by atoms with E-state index < -0.39 is 30.1 Å². The van der Waals surface area contributed by atoms with E-state index in [2.05, 4.69) is 0 Å². The van der Waals surface area contributed by atoms with Gasteiger partial charge >= 0.3 is 18.1 Å². The maximum absolute atomic E-state index is 10.6. The van der Waals surface area contributed by atoms with Crippen molar-refractivity contribution in [3.63, 3.8) is 0 Å². The summed E-state index contributed by atoms with van der Waals surface area (Å²) in [7, 11) is 0. The van der Waals surface area contributed by atoms with Crippen LogP contribution in [0.5, 0.6) is 0 Å². The Kier molecular flexibility index (Phi) is 7.68. The van der Waals surface area contributed by atoms with E-state index in [0.717, 1.165) is 0 Å². The van der Waals surface area contributed by atoms with Crippen molar-refractivity contribution in [3.8, 4) is 0 Å². The maximum atomic E-state index is 10.6. The fourth-order valence-corrected chi connectivity index (χ4v) is 0.421. The summed E-state index contributed by atoms with van der Waals surface area (Å²) in [5.41, 5.74) is 9.89. The second-order valence-corrected chi connectivity index (χ2v) is 2.74. The lowest BCUT2D eigenvalue weighted by Crippen LogP contribution is -2.36. The van der Waals surface area contributed by atoms with Crippen molar-refractivity contribution in [2.45, 2.75) is 25.1 Å². The summed E-state index contributed by atoms with van der Waals surface area (Å²) in [6.45, 7) is 0. The second kappa shape index (κ2) is 7.44. The molecule has 6 N–H and O–H groups in total. The minimum Gasteiger partial charge on any atom is -0.481 e. The van der Waals surface area contributed by atoms with Gasteiger partial charge in [0, 0.05) is 6.42 Å². The molecule has 0 spiro atoms. The minimum absolute atomic E-state index is 0.102. The average molecular weight is 260 g/mol. The summed E-state index contributed by atoms with van der Waals surface area (Å²) in [6.07, 6.45) is -5.10. The number of nitrogens with two attached hydrogens (primary N) is 2. The molecule has 0 aliphatic heterocycles. The van der Waals surface area contributed by atoms with Gasteiger partial charge in [-0.25, -0.2) is 4.79 Å². The third-order valence-electron chi connectivity index (χ3n) is 1.28. The van der Waals surface area contributed by atoms with Gasteiger partial charge in [0.15, 0.2) is 0 Å². The maximum Gasteiger partial charge on any atom is 0.490 e. The summed E-state index contributed by atoms with van der Waals surface area (Å²) in [4.78, 5) is 29.0.